The summed E-state index contributed by atoms with van der Waals surface area (Å²) < 4.78 is 0.581. The van der Waals surface area contributed by atoms with E-state index in [1.54, 1.807) is 6.07 Å². The van der Waals surface area contributed by atoms with Gasteiger partial charge in [0.2, 0.25) is 0 Å². The standard InChI is InChI=1S/C9H4BrN3O2/c10-6-1-7-5(3-11)4-12-9(7)8(2-6)13(14)15/h1-2,4,12H. The second-order valence-electron chi connectivity index (χ2n) is 2.92. The first kappa shape index (κ1) is 9.68. The third kappa shape index (κ3) is 1.47. The van der Waals surface area contributed by atoms with E-state index in [4.69, 9.17) is 5.26 Å². The van der Waals surface area contributed by atoms with Gasteiger partial charge in [-0.3, -0.25) is 10.1 Å². The fraction of sp³-hybridized carbons (Fsp3) is 0. The third-order valence-electron chi connectivity index (χ3n) is 2.05. The molecule has 1 heterocycles. The van der Waals surface area contributed by atoms with Gasteiger partial charge < -0.3 is 4.98 Å². The summed E-state index contributed by atoms with van der Waals surface area (Å²) in [5, 5.41) is 20.1. The Bertz CT molecular complexity index is 597. The Kier molecular flexibility index (Phi) is 2.17. The number of benzene rings is 1. The number of nitro benzene ring substituents is 1. The van der Waals surface area contributed by atoms with Crippen LogP contribution in [0, 0.1) is 21.4 Å². The molecule has 0 amide bonds. The molecule has 1 N–H and O–H groups in total. The molecule has 0 aliphatic rings. The Morgan fingerprint density at radius 2 is 2.27 bits per heavy atom. The maximum Gasteiger partial charge on any atom is 0.294 e. The molecule has 0 aliphatic heterocycles. The average Bonchev–Trinajstić information content (AvgIpc) is 2.58. The van der Waals surface area contributed by atoms with Crippen molar-refractivity contribution in [3.05, 3.63) is 38.5 Å². The Hall–Kier alpha value is -1.87. The lowest BCUT2D eigenvalue weighted by Gasteiger charge is -1.95. The van der Waals surface area contributed by atoms with Crippen molar-refractivity contribution in [3.8, 4) is 6.07 Å². The molecule has 0 aliphatic carbocycles. The molecule has 5 nitrogen and oxygen atoms in total. The topological polar surface area (TPSA) is 82.7 Å². The van der Waals surface area contributed by atoms with E-state index in [9.17, 15) is 10.1 Å². The predicted molar refractivity (Wildman–Crippen MR) is 57.4 cm³/mol. The minimum absolute atomic E-state index is 0.0409. The zero-order chi connectivity index (χ0) is 11.0. The van der Waals surface area contributed by atoms with Crippen molar-refractivity contribution in [2.45, 2.75) is 0 Å². The van der Waals surface area contributed by atoms with Crippen molar-refractivity contribution in [1.82, 2.24) is 4.98 Å². The summed E-state index contributed by atoms with van der Waals surface area (Å²) in [6.45, 7) is 0. The molecule has 6 heteroatoms. The SMILES string of the molecule is N#Cc1c[nH]c2c([N+](=O)[O-])cc(Br)cc12. The maximum absolute atomic E-state index is 10.7. The first-order valence-corrected chi connectivity index (χ1v) is 4.78. The molecular weight excluding hydrogens is 262 g/mol. The lowest BCUT2D eigenvalue weighted by Crippen LogP contribution is -1.89. The fourth-order valence-corrected chi connectivity index (χ4v) is 1.86. The highest BCUT2D eigenvalue weighted by Crippen LogP contribution is 2.30. The van der Waals surface area contributed by atoms with Gasteiger partial charge in [-0.1, -0.05) is 15.9 Å². The van der Waals surface area contributed by atoms with E-state index in [0.717, 1.165) is 0 Å². The number of nitrogens with one attached hydrogen (secondary N) is 1. The zero-order valence-corrected chi connectivity index (χ0v) is 8.91. The van der Waals surface area contributed by atoms with Gasteiger partial charge >= 0.3 is 0 Å². The van der Waals surface area contributed by atoms with Crippen LogP contribution in [0.15, 0.2) is 22.8 Å². The molecule has 0 saturated heterocycles. The van der Waals surface area contributed by atoms with Gasteiger partial charge in [-0.05, 0) is 6.07 Å². The molecule has 2 rings (SSSR count). The molecule has 74 valence electrons. The van der Waals surface area contributed by atoms with Gasteiger partial charge in [-0.2, -0.15) is 5.26 Å². The van der Waals surface area contributed by atoms with Crippen LogP contribution in [0.25, 0.3) is 10.9 Å². The second kappa shape index (κ2) is 3.37. The van der Waals surface area contributed by atoms with E-state index in [1.165, 1.54) is 12.3 Å². The predicted octanol–water partition coefficient (Wildman–Crippen LogP) is 2.71. The van der Waals surface area contributed by atoms with Gasteiger partial charge in [0.05, 0.1) is 10.5 Å². The summed E-state index contributed by atoms with van der Waals surface area (Å²) in [4.78, 5) is 13.0. The average molecular weight is 266 g/mol. The van der Waals surface area contributed by atoms with E-state index in [0.29, 0.717) is 20.9 Å². The number of aromatic amines is 1. The van der Waals surface area contributed by atoms with Gasteiger partial charge in [0.1, 0.15) is 11.6 Å². The van der Waals surface area contributed by atoms with Crippen LogP contribution in [0.3, 0.4) is 0 Å². The highest BCUT2D eigenvalue weighted by Gasteiger charge is 2.16. The highest BCUT2D eigenvalue weighted by atomic mass is 79.9. The van der Waals surface area contributed by atoms with Crippen LogP contribution in [0.1, 0.15) is 5.56 Å². The number of non-ortho nitro benzene ring substituents is 1. The molecule has 0 bridgehead atoms. The van der Waals surface area contributed by atoms with Crippen molar-refractivity contribution in [3.63, 3.8) is 0 Å². The number of nitriles is 1. The first-order valence-electron chi connectivity index (χ1n) is 3.98. The lowest BCUT2D eigenvalue weighted by molar-refractivity contribution is -0.383. The van der Waals surface area contributed by atoms with Gasteiger partial charge in [-0.25, -0.2) is 0 Å². The van der Waals surface area contributed by atoms with Gasteiger partial charge in [-0.15, -0.1) is 0 Å². The van der Waals surface area contributed by atoms with Crippen LogP contribution in [0.4, 0.5) is 5.69 Å². The van der Waals surface area contributed by atoms with Crippen molar-refractivity contribution >= 4 is 32.5 Å². The molecule has 0 saturated carbocycles. The summed E-state index contributed by atoms with van der Waals surface area (Å²) in [5.74, 6) is 0. The first-order chi connectivity index (χ1) is 7.13. The molecular formula is C9H4BrN3O2. The third-order valence-corrected chi connectivity index (χ3v) is 2.51. The van der Waals surface area contributed by atoms with E-state index < -0.39 is 4.92 Å². The summed E-state index contributed by atoms with van der Waals surface area (Å²) >= 11 is 3.17. The molecule has 0 spiro atoms. The van der Waals surface area contributed by atoms with Crippen LogP contribution in [0.5, 0.6) is 0 Å². The van der Waals surface area contributed by atoms with Crippen LogP contribution in [-0.4, -0.2) is 9.91 Å². The van der Waals surface area contributed by atoms with Crippen LogP contribution in [0.2, 0.25) is 0 Å². The normalized spacial score (nSPS) is 10.1. The molecule has 0 unspecified atom stereocenters. The summed E-state index contributed by atoms with van der Waals surface area (Å²) in [7, 11) is 0. The number of fused-ring (bicyclic) bond motifs is 1. The quantitative estimate of drug-likeness (QED) is 0.636. The summed E-state index contributed by atoms with van der Waals surface area (Å²) in [5.41, 5.74) is 0.732. The van der Waals surface area contributed by atoms with E-state index in [1.807, 2.05) is 6.07 Å². The number of halogens is 1. The minimum Gasteiger partial charge on any atom is -0.354 e. The fourth-order valence-electron chi connectivity index (χ4n) is 1.42. The molecule has 1 aromatic heterocycles. The number of nitrogens with zero attached hydrogens (tertiary/aromatic N) is 2. The van der Waals surface area contributed by atoms with Crippen LogP contribution < -0.4 is 0 Å². The van der Waals surface area contributed by atoms with Crippen molar-refractivity contribution in [2.24, 2.45) is 0 Å². The van der Waals surface area contributed by atoms with Crippen LogP contribution >= 0.6 is 15.9 Å². The maximum atomic E-state index is 10.7. The number of rotatable bonds is 1. The molecule has 0 fully saturated rings. The number of H-pyrrole nitrogens is 1. The second-order valence-corrected chi connectivity index (χ2v) is 3.83. The largest absolute Gasteiger partial charge is 0.354 e. The minimum atomic E-state index is -0.481. The molecule has 2 aromatic rings. The molecule has 0 atom stereocenters. The monoisotopic (exact) mass is 265 g/mol. The van der Waals surface area contributed by atoms with E-state index >= 15 is 0 Å². The number of hydrogen-bond donors (Lipinski definition) is 1. The number of aromatic nitrogens is 1. The Labute approximate surface area is 92.6 Å². The Morgan fingerprint density at radius 1 is 1.53 bits per heavy atom. The van der Waals surface area contributed by atoms with Crippen LogP contribution in [-0.2, 0) is 0 Å². The van der Waals surface area contributed by atoms with Gasteiger partial charge in [0.15, 0.2) is 0 Å². The van der Waals surface area contributed by atoms with Gasteiger partial charge in [0.25, 0.3) is 5.69 Å². The molecule has 1 aromatic carbocycles. The lowest BCUT2D eigenvalue weighted by atomic mass is 10.2. The summed E-state index contributed by atoms with van der Waals surface area (Å²) in [6.07, 6.45) is 1.46. The Morgan fingerprint density at radius 3 is 2.87 bits per heavy atom. The van der Waals surface area contributed by atoms with Gasteiger partial charge in [0, 0.05) is 22.1 Å². The van der Waals surface area contributed by atoms with Crippen molar-refractivity contribution in [2.75, 3.05) is 0 Å². The molecule has 0 radical (unpaired) electrons. The smallest absolute Gasteiger partial charge is 0.294 e. The number of hydrogen-bond acceptors (Lipinski definition) is 3. The summed E-state index contributed by atoms with van der Waals surface area (Å²) in [6, 6.07) is 5.05. The number of nitro groups is 1. The van der Waals surface area contributed by atoms with E-state index in [2.05, 4.69) is 20.9 Å². The molecule has 15 heavy (non-hydrogen) atoms. The van der Waals surface area contributed by atoms with E-state index in [-0.39, 0.29) is 5.69 Å². The Balaban J connectivity index is 2.90. The zero-order valence-electron chi connectivity index (χ0n) is 7.32. The van der Waals surface area contributed by atoms with Crippen molar-refractivity contribution < 1.29 is 4.92 Å². The highest BCUT2D eigenvalue weighted by molar-refractivity contribution is 9.10. The van der Waals surface area contributed by atoms with Crippen molar-refractivity contribution in [1.29, 1.82) is 5.26 Å².